The molecule has 6 heterocycles. The number of ether oxygens (including phenoxy) is 1. The first-order chi connectivity index (χ1) is 19.5. The lowest BCUT2D eigenvalue weighted by Gasteiger charge is -2.30. The predicted molar refractivity (Wildman–Crippen MR) is 157 cm³/mol. The van der Waals surface area contributed by atoms with Crippen LogP contribution in [0, 0.1) is 0 Å². The van der Waals surface area contributed by atoms with Gasteiger partial charge in [0.15, 0.2) is 11.5 Å². The highest BCUT2D eigenvalue weighted by atomic mass is 32.1. The summed E-state index contributed by atoms with van der Waals surface area (Å²) in [5, 5.41) is 11.6. The number of nitrogens with zero attached hydrogens (tertiary/aromatic N) is 3. The van der Waals surface area contributed by atoms with E-state index in [9.17, 15) is 9.59 Å². The Morgan fingerprint density at radius 3 is 2.80 bits per heavy atom. The molecule has 1 saturated heterocycles. The Hall–Kier alpha value is -3.52. The van der Waals surface area contributed by atoms with Crippen molar-refractivity contribution in [3.8, 4) is 10.4 Å². The molecule has 7 rings (SSSR count). The molecule has 3 aliphatic rings. The summed E-state index contributed by atoms with van der Waals surface area (Å²) < 4.78 is 16.9. The summed E-state index contributed by atoms with van der Waals surface area (Å²) in [6.07, 6.45) is 4.26. The summed E-state index contributed by atoms with van der Waals surface area (Å²) in [4.78, 5) is 33.2. The number of thiophene rings is 1. The number of nitrogens with one attached hydrogen (secondary N) is 3. The first-order valence-electron chi connectivity index (χ1n) is 13.5. The average molecular weight is 580 g/mol. The molecule has 4 aromatic heterocycles. The van der Waals surface area contributed by atoms with Gasteiger partial charge in [-0.2, -0.15) is 4.37 Å². The van der Waals surface area contributed by atoms with E-state index in [1.807, 2.05) is 22.4 Å². The van der Waals surface area contributed by atoms with Gasteiger partial charge in [0.05, 0.1) is 23.7 Å². The third-order valence-corrected chi connectivity index (χ3v) is 9.49. The van der Waals surface area contributed by atoms with E-state index >= 15 is 0 Å². The van der Waals surface area contributed by atoms with Gasteiger partial charge >= 0.3 is 0 Å². The van der Waals surface area contributed by atoms with Crippen molar-refractivity contribution in [1.29, 1.82) is 0 Å². The summed E-state index contributed by atoms with van der Waals surface area (Å²) in [6.45, 7) is 3.00. The molecule has 13 heteroatoms. The SMILES string of the molecule is N[C@@H]1CCCC[C@@H]1Nc1cc2c(c(Nc3cc(-c4csc5c(=O)cc(N6CCOCC6)oc45)sn3)n1)C(=O)NC2. The number of hydrogen-bond donors (Lipinski definition) is 4. The van der Waals surface area contributed by atoms with Crippen molar-refractivity contribution in [3.63, 3.8) is 0 Å². The molecule has 208 valence electrons. The van der Waals surface area contributed by atoms with Gasteiger partial charge in [0.25, 0.3) is 5.91 Å². The molecular formula is C27H29N7O4S2. The minimum absolute atomic E-state index is 0.0605. The number of carbonyl (C=O) groups excluding carboxylic acids is 1. The zero-order valence-electron chi connectivity index (χ0n) is 21.7. The molecule has 4 aromatic rings. The molecule has 11 nitrogen and oxygen atoms in total. The smallest absolute Gasteiger partial charge is 0.255 e. The molecule has 0 aromatic carbocycles. The number of carbonyl (C=O) groups is 1. The van der Waals surface area contributed by atoms with Crippen LogP contribution in [0.1, 0.15) is 41.6 Å². The van der Waals surface area contributed by atoms with Crippen molar-refractivity contribution in [2.45, 2.75) is 44.3 Å². The van der Waals surface area contributed by atoms with E-state index in [1.54, 1.807) is 6.07 Å². The van der Waals surface area contributed by atoms with E-state index in [-0.39, 0.29) is 23.4 Å². The van der Waals surface area contributed by atoms with Crippen molar-refractivity contribution in [1.82, 2.24) is 14.7 Å². The van der Waals surface area contributed by atoms with Crippen LogP contribution in [-0.2, 0) is 11.3 Å². The largest absolute Gasteiger partial charge is 0.439 e. The highest BCUT2D eigenvalue weighted by Crippen LogP contribution is 2.38. The molecule has 0 spiro atoms. The first-order valence-corrected chi connectivity index (χ1v) is 15.1. The summed E-state index contributed by atoms with van der Waals surface area (Å²) in [6, 6.07) is 5.60. The molecule has 1 saturated carbocycles. The standard InChI is InChI=1S/C27H29N7O4S2/c28-16-3-1-2-4-17(16)30-20-9-14-12-29-27(36)23(14)26(31-20)32-21-11-19(40-33-21)15-13-39-25-18(35)10-22(38-24(15)25)34-5-7-37-8-6-34/h9-11,13,16-17H,1-8,12,28H2,(H,29,36)(H2,30,31,32,33)/t16-,17+/m1/s1. The monoisotopic (exact) mass is 579 g/mol. The molecular weight excluding hydrogens is 550 g/mol. The van der Waals surface area contributed by atoms with Gasteiger partial charge in [-0.15, -0.1) is 11.3 Å². The number of anilines is 4. The van der Waals surface area contributed by atoms with E-state index in [2.05, 4.69) is 20.3 Å². The van der Waals surface area contributed by atoms with Crippen molar-refractivity contribution in [2.24, 2.45) is 5.73 Å². The fraction of sp³-hybridized carbons (Fsp3) is 0.407. The summed E-state index contributed by atoms with van der Waals surface area (Å²) in [5.74, 6) is 2.09. The third kappa shape index (κ3) is 4.72. The number of pyridine rings is 1. The first kappa shape index (κ1) is 25.4. The number of amides is 1. The fourth-order valence-electron chi connectivity index (χ4n) is 5.57. The minimum atomic E-state index is -0.164. The highest BCUT2D eigenvalue weighted by Gasteiger charge is 2.28. The number of fused-ring (bicyclic) bond motifs is 2. The van der Waals surface area contributed by atoms with E-state index in [4.69, 9.17) is 19.9 Å². The Bertz CT molecular complexity index is 1640. The lowest BCUT2D eigenvalue weighted by molar-refractivity contribution is 0.0966. The Labute approximate surface area is 237 Å². The van der Waals surface area contributed by atoms with Crippen LogP contribution in [0.15, 0.2) is 32.8 Å². The zero-order valence-corrected chi connectivity index (χ0v) is 23.3. The van der Waals surface area contributed by atoms with Crippen LogP contribution in [0.2, 0.25) is 0 Å². The van der Waals surface area contributed by atoms with Crippen LogP contribution in [0.3, 0.4) is 0 Å². The maximum Gasteiger partial charge on any atom is 0.255 e. The summed E-state index contributed by atoms with van der Waals surface area (Å²) in [5.41, 5.74) is 9.07. The van der Waals surface area contributed by atoms with Crippen molar-refractivity contribution < 1.29 is 13.9 Å². The predicted octanol–water partition coefficient (Wildman–Crippen LogP) is 3.88. The van der Waals surface area contributed by atoms with E-state index in [0.29, 0.717) is 72.0 Å². The minimum Gasteiger partial charge on any atom is -0.439 e. The van der Waals surface area contributed by atoms with Crippen molar-refractivity contribution in [3.05, 3.63) is 44.9 Å². The van der Waals surface area contributed by atoms with Crippen LogP contribution in [0.4, 0.5) is 23.3 Å². The lowest BCUT2D eigenvalue weighted by atomic mass is 9.91. The van der Waals surface area contributed by atoms with Crippen LogP contribution < -0.4 is 32.0 Å². The Morgan fingerprint density at radius 2 is 1.95 bits per heavy atom. The van der Waals surface area contributed by atoms with Crippen LogP contribution in [0.25, 0.3) is 20.7 Å². The van der Waals surface area contributed by atoms with Crippen molar-refractivity contribution >= 4 is 62.4 Å². The number of morpholine rings is 1. The van der Waals surface area contributed by atoms with Gasteiger partial charge in [-0.05, 0) is 36.0 Å². The van der Waals surface area contributed by atoms with Gasteiger partial charge in [0.1, 0.15) is 22.2 Å². The number of rotatable bonds is 6. The Kier molecular flexibility index (Phi) is 6.66. The van der Waals surface area contributed by atoms with Crippen molar-refractivity contribution in [2.75, 3.05) is 41.8 Å². The Morgan fingerprint density at radius 1 is 1.10 bits per heavy atom. The Balaban J connectivity index is 1.19. The topological polar surface area (TPSA) is 148 Å². The van der Waals surface area contributed by atoms with E-state index in [1.165, 1.54) is 22.9 Å². The van der Waals surface area contributed by atoms with Gasteiger partial charge in [-0.1, -0.05) is 12.8 Å². The van der Waals surface area contributed by atoms with E-state index in [0.717, 1.165) is 41.7 Å². The summed E-state index contributed by atoms with van der Waals surface area (Å²) >= 11 is 2.66. The molecule has 2 aliphatic heterocycles. The molecule has 0 unspecified atom stereocenters. The summed E-state index contributed by atoms with van der Waals surface area (Å²) in [7, 11) is 0. The van der Waals surface area contributed by atoms with Crippen LogP contribution >= 0.6 is 22.9 Å². The zero-order chi connectivity index (χ0) is 27.2. The van der Waals surface area contributed by atoms with Gasteiger partial charge in [0.2, 0.25) is 5.43 Å². The average Bonchev–Trinajstić information content (AvgIpc) is 3.69. The number of nitrogens with two attached hydrogens (primary N) is 1. The van der Waals surface area contributed by atoms with Gasteiger partial charge in [0, 0.05) is 54.8 Å². The van der Waals surface area contributed by atoms with Gasteiger partial charge in [-0.3, -0.25) is 9.59 Å². The third-order valence-electron chi connectivity index (χ3n) is 7.70. The molecule has 0 bridgehead atoms. The second kappa shape index (κ2) is 10.5. The van der Waals surface area contributed by atoms with E-state index < -0.39 is 0 Å². The molecule has 1 aliphatic carbocycles. The molecule has 2 atom stereocenters. The van der Waals surface area contributed by atoms with Crippen LogP contribution in [0.5, 0.6) is 0 Å². The van der Waals surface area contributed by atoms with Crippen LogP contribution in [-0.4, -0.2) is 53.7 Å². The molecule has 5 N–H and O–H groups in total. The molecule has 40 heavy (non-hydrogen) atoms. The lowest BCUT2D eigenvalue weighted by Crippen LogP contribution is -2.42. The number of aromatic nitrogens is 2. The second-order valence-electron chi connectivity index (χ2n) is 10.3. The quantitative estimate of drug-likeness (QED) is 0.265. The van der Waals surface area contributed by atoms with Gasteiger partial charge < -0.3 is 35.7 Å². The van der Waals surface area contributed by atoms with Gasteiger partial charge in [-0.25, -0.2) is 4.98 Å². The molecule has 0 radical (unpaired) electrons. The normalized spacial score (nSPS) is 20.9. The molecule has 2 fully saturated rings. The fourth-order valence-corrected chi connectivity index (χ4v) is 7.26. The second-order valence-corrected chi connectivity index (χ2v) is 12.0. The maximum absolute atomic E-state index is 12.9. The molecule has 1 amide bonds. The highest BCUT2D eigenvalue weighted by molar-refractivity contribution is 7.18. The maximum atomic E-state index is 12.9. The number of hydrogen-bond acceptors (Lipinski definition) is 12.